The highest BCUT2D eigenvalue weighted by Gasteiger charge is 2.06. The van der Waals surface area contributed by atoms with Gasteiger partial charge in [0.15, 0.2) is 6.29 Å². The van der Waals surface area contributed by atoms with Crippen molar-refractivity contribution in [3.05, 3.63) is 68.7 Å². The smallest absolute Gasteiger partial charge is 0.150 e. The normalized spacial score (nSPS) is 11.4. The first kappa shape index (κ1) is 14.1. The summed E-state index contributed by atoms with van der Waals surface area (Å²) in [5, 5.41) is 1.03. The fourth-order valence-corrected chi connectivity index (χ4v) is 2.27. The molecule has 0 saturated heterocycles. The van der Waals surface area contributed by atoms with Gasteiger partial charge in [0.05, 0.1) is 15.1 Å². The third-order valence-electron chi connectivity index (χ3n) is 2.56. The van der Waals surface area contributed by atoms with E-state index >= 15 is 0 Å². The molecule has 0 heterocycles. The molecule has 0 spiro atoms. The van der Waals surface area contributed by atoms with Gasteiger partial charge in [-0.3, -0.25) is 4.79 Å². The molecule has 0 radical (unpaired) electrons. The Hall–Kier alpha value is -1.28. The van der Waals surface area contributed by atoms with Crippen molar-refractivity contribution in [1.29, 1.82) is 0 Å². The van der Waals surface area contributed by atoms with Crippen molar-refractivity contribution < 1.29 is 4.79 Å². The minimum Gasteiger partial charge on any atom is -0.298 e. The zero-order chi connectivity index (χ0) is 13.8. The lowest BCUT2D eigenvalue weighted by Gasteiger charge is -2.04. The van der Waals surface area contributed by atoms with Crippen LogP contribution in [0.4, 0.5) is 0 Å². The Labute approximate surface area is 126 Å². The maximum atomic E-state index is 11.2. The zero-order valence-corrected chi connectivity index (χ0v) is 12.0. The van der Waals surface area contributed by atoms with Crippen molar-refractivity contribution in [2.45, 2.75) is 0 Å². The van der Waals surface area contributed by atoms with Crippen LogP contribution in [0.5, 0.6) is 0 Å². The van der Waals surface area contributed by atoms with Gasteiger partial charge in [0.25, 0.3) is 0 Å². The summed E-state index contributed by atoms with van der Waals surface area (Å²) in [6, 6.07) is 12.7. The third kappa shape index (κ3) is 3.38. The minimum absolute atomic E-state index is 0.313. The van der Waals surface area contributed by atoms with Crippen molar-refractivity contribution in [1.82, 2.24) is 0 Å². The van der Waals surface area contributed by atoms with E-state index in [-0.39, 0.29) is 0 Å². The maximum absolute atomic E-state index is 11.2. The zero-order valence-electron chi connectivity index (χ0n) is 9.74. The quantitative estimate of drug-likeness (QED) is 0.321. The van der Waals surface area contributed by atoms with E-state index in [1.54, 1.807) is 18.2 Å². The average molecular weight is 312 g/mol. The van der Waals surface area contributed by atoms with Gasteiger partial charge in [-0.2, -0.15) is 0 Å². The fourth-order valence-electron chi connectivity index (χ4n) is 1.65. The van der Waals surface area contributed by atoms with Crippen LogP contribution in [0.3, 0.4) is 0 Å². The van der Waals surface area contributed by atoms with Crippen LogP contribution < -0.4 is 0 Å². The van der Waals surface area contributed by atoms with Gasteiger partial charge >= 0.3 is 0 Å². The molecule has 0 N–H and O–H groups in total. The van der Waals surface area contributed by atoms with Crippen molar-refractivity contribution >= 4 is 52.7 Å². The number of carbonyl (C=O) groups is 1. The lowest BCUT2D eigenvalue weighted by molar-refractivity contribution is -0.103. The number of carbonyl (C=O) groups excluding carboxylic acids is 1. The molecule has 0 aliphatic rings. The van der Waals surface area contributed by atoms with E-state index in [1.165, 1.54) is 0 Å². The summed E-state index contributed by atoms with van der Waals surface area (Å²) >= 11 is 17.8. The van der Waals surface area contributed by atoms with Gasteiger partial charge in [-0.1, -0.05) is 65.1 Å². The molecule has 0 bridgehead atoms. The number of halogens is 3. The molecular weight excluding hydrogens is 303 g/mol. The highest BCUT2D eigenvalue weighted by Crippen LogP contribution is 2.32. The average Bonchev–Trinajstić information content (AvgIpc) is 2.43. The fraction of sp³-hybridized carbons (Fsp3) is 0. The van der Waals surface area contributed by atoms with Gasteiger partial charge in [-0.25, -0.2) is 0 Å². The van der Waals surface area contributed by atoms with Gasteiger partial charge in [-0.05, 0) is 29.3 Å². The van der Waals surface area contributed by atoms with Crippen molar-refractivity contribution in [2.75, 3.05) is 0 Å². The monoisotopic (exact) mass is 310 g/mol. The van der Waals surface area contributed by atoms with E-state index in [1.807, 2.05) is 30.3 Å². The second-order valence-corrected chi connectivity index (χ2v) is 5.07. The molecule has 1 nitrogen and oxygen atoms in total. The van der Waals surface area contributed by atoms with Crippen LogP contribution in [0.25, 0.3) is 11.6 Å². The summed E-state index contributed by atoms with van der Waals surface area (Å²) in [7, 11) is 0. The Morgan fingerprint density at radius 1 is 0.947 bits per heavy atom. The third-order valence-corrected chi connectivity index (χ3v) is 3.76. The molecule has 0 fully saturated rings. The summed E-state index contributed by atoms with van der Waals surface area (Å²) in [5.74, 6) is 0. The number of allylic oxidation sites excluding steroid dienone is 1. The van der Waals surface area contributed by atoms with Crippen LogP contribution in [0.1, 0.15) is 11.1 Å². The minimum atomic E-state index is 0.313. The van der Waals surface area contributed by atoms with Crippen molar-refractivity contribution in [3.8, 4) is 0 Å². The first-order valence-electron chi connectivity index (χ1n) is 5.48. The van der Waals surface area contributed by atoms with E-state index in [9.17, 15) is 4.79 Å². The largest absolute Gasteiger partial charge is 0.298 e. The highest BCUT2D eigenvalue weighted by molar-refractivity contribution is 6.48. The molecule has 4 heteroatoms. The second kappa shape index (κ2) is 6.25. The number of rotatable bonds is 3. The Balaban J connectivity index is 2.47. The van der Waals surface area contributed by atoms with E-state index < -0.39 is 0 Å². The molecule has 0 aliphatic heterocycles. The molecular formula is C15H9Cl3O. The Morgan fingerprint density at radius 2 is 1.53 bits per heavy atom. The molecule has 0 amide bonds. The molecule has 0 atom stereocenters. The first-order valence-corrected chi connectivity index (χ1v) is 6.62. The Morgan fingerprint density at radius 3 is 2.05 bits per heavy atom. The SMILES string of the molecule is O=CC(=Cc1cc(Cl)c(Cl)c(Cl)c1)c1ccccc1. The van der Waals surface area contributed by atoms with Gasteiger partial charge in [-0.15, -0.1) is 0 Å². The van der Waals surface area contributed by atoms with Gasteiger partial charge < -0.3 is 0 Å². The summed E-state index contributed by atoms with van der Waals surface area (Å²) in [5.41, 5.74) is 2.11. The summed E-state index contributed by atoms with van der Waals surface area (Å²) in [6.07, 6.45) is 2.52. The van der Waals surface area contributed by atoms with Crippen LogP contribution in [0.2, 0.25) is 15.1 Å². The standard InChI is InChI=1S/C15H9Cl3O/c16-13-7-10(8-14(17)15(13)18)6-12(9-19)11-4-2-1-3-5-11/h1-9H. The molecule has 96 valence electrons. The lowest BCUT2D eigenvalue weighted by Crippen LogP contribution is -1.86. The topological polar surface area (TPSA) is 17.1 Å². The lowest BCUT2D eigenvalue weighted by atomic mass is 10.0. The number of aldehydes is 1. The van der Waals surface area contributed by atoms with Gasteiger partial charge in [0, 0.05) is 5.57 Å². The maximum Gasteiger partial charge on any atom is 0.150 e. The van der Waals surface area contributed by atoms with E-state index in [4.69, 9.17) is 34.8 Å². The molecule has 2 aromatic carbocycles. The molecule has 2 rings (SSSR count). The van der Waals surface area contributed by atoms with Crippen LogP contribution in [-0.4, -0.2) is 6.29 Å². The van der Waals surface area contributed by atoms with E-state index in [2.05, 4.69) is 0 Å². The predicted molar refractivity (Wildman–Crippen MR) is 81.8 cm³/mol. The predicted octanol–water partition coefficient (Wildman–Crippen LogP) is 5.39. The summed E-state index contributed by atoms with van der Waals surface area (Å²) in [4.78, 5) is 11.2. The molecule has 0 aliphatic carbocycles. The molecule has 0 aromatic heterocycles. The first-order chi connectivity index (χ1) is 9.11. The van der Waals surface area contributed by atoms with Crippen LogP contribution >= 0.6 is 34.8 Å². The number of hydrogen-bond donors (Lipinski definition) is 0. The Bertz CT molecular complexity index is 610. The number of hydrogen-bond acceptors (Lipinski definition) is 1. The van der Waals surface area contributed by atoms with Crippen LogP contribution in [0, 0.1) is 0 Å². The molecule has 0 saturated carbocycles. The van der Waals surface area contributed by atoms with E-state index in [0.717, 1.165) is 17.4 Å². The van der Waals surface area contributed by atoms with Crippen LogP contribution in [-0.2, 0) is 4.79 Å². The van der Waals surface area contributed by atoms with Crippen LogP contribution in [0.15, 0.2) is 42.5 Å². The van der Waals surface area contributed by atoms with Crippen molar-refractivity contribution in [3.63, 3.8) is 0 Å². The molecule has 2 aromatic rings. The summed E-state index contributed by atoms with van der Waals surface area (Å²) < 4.78 is 0. The summed E-state index contributed by atoms with van der Waals surface area (Å²) in [6.45, 7) is 0. The van der Waals surface area contributed by atoms with Crippen molar-refractivity contribution in [2.24, 2.45) is 0 Å². The molecule has 19 heavy (non-hydrogen) atoms. The Kier molecular flexibility index (Phi) is 4.65. The molecule has 0 unspecified atom stereocenters. The van der Waals surface area contributed by atoms with E-state index in [0.29, 0.717) is 20.6 Å². The highest BCUT2D eigenvalue weighted by atomic mass is 35.5. The number of benzene rings is 2. The van der Waals surface area contributed by atoms with Gasteiger partial charge in [0.1, 0.15) is 0 Å². The second-order valence-electron chi connectivity index (χ2n) is 3.88. The van der Waals surface area contributed by atoms with Gasteiger partial charge in [0.2, 0.25) is 0 Å².